The number of fused-ring (bicyclic) bond motifs is 7. The maximum atomic E-state index is 12.8. The summed E-state index contributed by atoms with van der Waals surface area (Å²) < 4.78 is 0. The van der Waals surface area contributed by atoms with E-state index in [2.05, 4.69) is 54.2 Å². The zero-order valence-electron chi connectivity index (χ0n) is 21.3. The Morgan fingerprint density at radius 1 is 0.938 bits per heavy atom. The fourth-order valence-electron chi connectivity index (χ4n) is 10.7. The molecule has 0 amide bonds. The first-order valence-electron chi connectivity index (χ1n) is 13.2. The molecule has 2 nitrogen and oxygen atoms in total. The van der Waals surface area contributed by atoms with Crippen LogP contribution in [-0.2, 0) is 9.59 Å². The van der Waals surface area contributed by atoms with Crippen molar-refractivity contribution in [1.29, 1.82) is 0 Å². The van der Waals surface area contributed by atoms with E-state index in [4.69, 9.17) is 0 Å². The quantitative estimate of drug-likeness (QED) is 0.339. The Kier molecular flexibility index (Phi) is 4.73. The van der Waals surface area contributed by atoms with E-state index in [0.29, 0.717) is 35.4 Å². The third-order valence-electron chi connectivity index (χ3n) is 12.6. The maximum absolute atomic E-state index is 12.8. The Morgan fingerprint density at radius 3 is 2.31 bits per heavy atom. The van der Waals surface area contributed by atoms with E-state index in [-0.39, 0.29) is 27.1 Å². The van der Waals surface area contributed by atoms with Crippen LogP contribution < -0.4 is 0 Å². The van der Waals surface area contributed by atoms with Crippen molar-refractivity contribution in [2.75, 3.05) is 0 Å². The van der Waals surface area contributed by atoms with Crippen LogP contribution in [0.5, 0.6) is 0 Å². The summed E-state index contributed by atoms with van der Waals surface area (Å²) >= 11 is 0. The van der Waals surface area contributed by atoms with E-state index in [1.165, 1.54) is 37.5 Å². The van der Waals surface area contributed by atoms with Gasteiger partial charge in [-0.15, -0.1) is 0 Å². The standard InChI is InChI=1S/C30H44O2/c1-19(2)20-10-15-30(18-31)17-16-28(6)21(25(20)30)8-9-23-27(5)13-12-24(32)26(3,4)22(27)11-14-29(23,28)7/h12-13,18,20-23,25H,1,8-11,14-17H2,2-7H3/t20-,21+,22-,23+,25+,27-,28+,29+,30+/m0/s1. The summed E-state index contributed by atoms with van der Waals surface area (Å²) in [7, 11) is 0. The lowest BCUT2D eigenvalue weighted by Crippen LogP contribution is -2.65. The zero-order valence-corrected chi connectivity index (χ0v) is 21.3. The molecule has 0 aromatic heterocycles. The van der Waals surface area contributed by atoms with E-state index in [9.17, 15) is 9.59 Å². The molecule has 0 heterocycles. The molecule has 0 spiro atoms. The Labute approximate surface area is 195 Å². The van der Waals surface area contributed by atoms with Gasteiger partial charge in [0, 0.05) is 10.8 Å². The normalized spacial score (nSPS) is 53.6. The fourth-order valence-corrected chi connectivity index (χ4v) is 10.7. The van der Waals surface area contributed by atoms with Gasteiger partial charge in [-0.1, -0.05) is 52.8 Å². The van der Waals surface area contributed by atoms with Crippen molar-refractivity contribution in [3.8, 4) is 0 Å². The molecular formula is C30H44O2. The number of aldehydes is 1. The molecule has 32 heavy (non-hydrogen) atoms. The first-order chi connectivity index (χ1) is 14.9. The van der Waals surface area contributed by atoms with Gasteiger partial charge in [0.1, 0.15) is 6.29 Å². The molecule has 4 fully saturated rings. The van der Waals surface area contributed by atoms with Crippen molar-refractivity contribution in [2.24, 2.45) is 56.7 Å². The lowest BCUT2D eigenvalue weighted by Gasteiger charge is -2.71. The number of hydrogen-bond acceptors (Lipinski definition) is 2. The average molecular weight is 437 g/mol. The predicted octanol–water partition coefficient (Wildman–Crippen LogP) is 7.19. The molecule has 0 bridgehead atoms. The first kappa shape index (κ1) is 22.6. The summed E-state index contributed by atoms with van der Waals surface area (Å²) in [4.78, 5) is 25.4. The van der Waals surface area contributed by atoms with Gasteiger partial charge in [-0.3, -0.25) is 4.79 Å². The van der Waals surface area contributed by atoms with Crippen LogP contribution in [0, 0.1) is 56.7 Å². The van der Waals surface area contributed by atoms with Crippen molar-refractivity contribution < 1.29 is 9.59 Å². The maximum Gasteiger partial charge on any atom is 0.161 e. The highest BCUT2D eigenvalue weighted by molar-refractivity contribution is 5.95. The first-order valence-corrected chi connectivity index (χ1v) is 13.2. The van der Waals surface area contributed by atoms with Crippen LogP contribution in [0.15, 0.2) is 24.3 Å². The van der Waals surface area contributed by atoms with E-state index in [1.807, 2.05) is 6.08 Å². The average Bonchev–Trinajstić information content (AvgIpc) is 3.12. The van der Waals surface area contributed by atoms with Gasteiger partial charge in [0.15, 0.2) is 5.78 Å². The van der Waals surface area contributed by atoms with Crippen LogP contribution >= 0.6 is 0 Å². The summed E-state index contributed by atoms with van der Waals surface area (Å²) in [6, 6.07) is 0. The van der Waals surface area contributed by atoms with Gasteiger partial charge >= 0.3 is 0 Å². The molecule has 5 rings (SSSR count). The van der Waals surface area contributed by atoms with Crippen LogP contribution in [0.1, 0.15) is 92.9 Å². The Morgan fingerprint density at radius 2 is 1.66 bits per heavy atom. The van der Waals surface area contributed by atoms with Crippen molar-refractivity contribution in [2.45, 2.75) is 92.9 Å². The second-order valence-electron chi connectivity index (χ2n) is 13.8. The van der Waals surface area contributed by atoms with E-state index in [1.54, 1.807) is 0 Å². The minimum Gasteiger partial charge on any atom is -0.303 e. The molecule has 0 N–H and O–H groups in total. The molecule has 0 aromatic carbocycles. The lowest BCUT2D eigenvalue weighted by atomic mass is 9.33. The minimum absolute atomic E-state index is 0.0843. The van der Waals surface area contributed by atoms with Gasteiger partial charge in [0.25, 0.3) is 0 Å². The summed E-state index contributed by atoms with van der Waals surface area (Å²) in [6.07, 6.45) is 14.9. The van der Waals surface area contributed by atoms with Gasteiger partial charge in [-0.05, 0) is 110 Å². The number of rotatable bonds is 2. The Bertz CT molecular complexity index is 897. The molecule has 0 saturated heterocycles. The van der Waals surface area contributed by atoms with Gasteiger partial charge < -0.3 is 4.79 Å². The monoisotopic (exact) mass is 436 g/mol. The lowest BCUT2D eigenvalue weighted by molar-refractivity contribution is -0.215. The predicted molar refractivity (Wildman–Crippen MR) is 130 cm³/mol. The highest BCUT2D eigenvalue weighted by atomic mass is 16.1. The summed E-state index contributed by atoms with van der Waals surface area (Å²) in [5.74, 6) is 2.92. The summed E-state index contributed by atoms with van der Waals surface area (Å²) in [6.45, 7) is 18.6. The topological polar surface area (TPSA) is 34.1 Å². The van der Waals surface area contributed by atoms with Gasteiger partial charge in [-0.25, -0.2) is 0 Å². The van der Waals surface area contributed by atoms with Gasteiger partial charge in [0.2, 0.25) is 0 Å². The number of carbonyl (C=O) groups is 2. The number of hydrogen-bond donors (Lipinski definition) is 0. The molecule has 176 valence electrons. The number of carbonyl (C=O) groups excluding carboxylic acids is 2. The largest absolute Gasteiger partial charge is 0.303 e. The second kappa shape index (κ2) is 6.70. The molecule has 9 atom stereocenters. The highest BCUT2D eigenvalue weighted by Gasteiger charge is 2.70. The van der Waals surface area contributed by atoms with E-state index in [0.717, 1.165) is 25.7 Å². The Hall–Kier alpha value is -1.18. The molecule has 5 aliphatic rings. The van der Waals surface area contributed by atoms with Crippen molar-refractivity contribution in [1.82, 2.24) is 0 Å². The van der Waals surface area contributed by atoms with E-state index < -0.39 is 0 Å². The van der Waals surface area contributed by atoms with Crippen LogP contribution in [0.3, 0.4) is 0 Å². The molecule has 2 heteroatoms. The second-order valence-corrected chi connectivity index (χ2v) is 13.8. The molecular weight excluding hydrogens is 392 g/mol. The molecule has 0 radical (unpaired) electrons. The molecule has 0 aromatic rings. The molecule has 5 aliphatic carbocycles. The van der Waals surface area contributed by atoms with Crippen molar-refractivity contribution in [3.63, 3.8) is 0 Å². The summed E-state index contributed by atoms with van der Waals surface area (Å²) in [5, 5.41) is 0. The van der Waals surface area contributed by atoms with Gasteiger partial charge in [-0.2, -0.15) is 0 Å². The Balaban J connectivity index is 1.59. The smallest absolute Gasteiger partial charge is 0.161 e. The molecule has 4 saturated carbocycles. The minimum atomic E-state index is -0.266. The third kappa shape index (κ3) is 2.48. The van der Waals surface area contributed by atoms with Crippen LogP contribution in [0.25, 0.3) is 0 Å². The third-order valence-corrected chi connectivity index (χ3v) is 12.6. The fraction of sp³-hybridized carbons (Fsp3) is 0.800. The number of ketones is 1. The van der Waals surface area contributed by atoms with Crippen LogP contribution in [0.4, 0.5) is 0 Å². The van der Waals surface area contributed by atoms with E-state index >= 15 is 0 Å². The van der Waals surface area contributed by atoms with Crippen LogP contribution in [-0.4, -0.2) is 12.1 Å². The molecule has 0 aliphatic heterocycles. The number of allylic oxidation sites excluding steroid dienone is 3. The zero-order chi connectivity index (χ0) is 23.3. The SMILES string of the molecule is C=C(C)[C@@H]1CC[C@]2(C=O)CC[C@]3(C)[C@H](CC[C@@H]4[C@@]5(C)C=CC(=O)C(C)(C)[C@@H]5CC[C@]43C)[C@@H]12. The van der Waals surface area contributed by atoms with Crippen LogP contribution in [0.2, 0.25) is 0 Å². The van der Waals surface area contributed by atoms with Crippen molar-refractivity contribution >= 4 is 12.1 Å². The van der Waals surface area contributed by atoms with Gasteiger partial charge in [0.05, 0.1) is 0 Å². The summed E-state index contributed by atoms with van der Waals surface area (Å²) in [5.41, 5.74) is 1.50. The van der Waals surface area contributed by atoms with Crippen molar-refractivity contribution in [3.05, 3.63) is 24.3 Å². The highest BCUT2D eigenvalue weighted by Crippen LogP contribution is 2.76. The molecule has 0 unspecified atom stereocenters.